The summed E-state index contributed by atoms with van der Waals surface area (Å²) in [6, 6.07) is 13.3. The molecular formula is C12H18Cl3SiV-. The molecule has 0 spiro atoms. The van der Waals surface area contributed by atoms with Crippen LogP contribution in [0.5, 0.6) is 0 Å². The smallest absolute Gasteiger partial charge is 0.0564 e. The van der Waals surface area contributed by atoms with Gasteiger partial charge in [0.05, 0.1) is 8.07 Å². The van der Waals surface area contributed by atoms with E-state index in [2.05, 4.69) is 56.0 Å². The molecule has 0 saturated carbocycles. The molecule has 0 aliphatic heterocycles. The minimum atomic E-state index is -1.12. The van der Waals surface area contributed by atoms with Crippen LogP contribution in [0.4, 0.5) is 0 Å². The first-order chi connectivity index (χ1) is 6.07. The Balaban J connectivity index is -0.000000490. The van der Waals surface area contributed by atoms with Gasteiger partial charge in [0.25, 0.3) is 0 Å². The van der Waals surface area contributed by atoms with E-state index in [0.29, 0.717) is 0 Å². The largest absolute Gasteiger partial charge is 0.169 e. The molecule has 0 aromatic heterocycles. The zero-order valence-electron chi connectivity index (χ0n) is 10.1. The second kappa shape index (κ2) is 8.58. The fraction of sp³-hybridized carbons (Fsp3) is 0.250. The summed E-state index contributed by atoms with van der Waals surface area (Å²) < 4.78 is 0. The van der Waals surface area contributed by atoms with Gasteiger partial charge in [0.2, 0.25) is 0 Å². The Hall–Kier alpha value is 0.501. The monoisotopic (exact) mass is 346 g/mol. The molecule has 2 rings (SSSR count). The van der Waals surface area contributed by atoms with E-state index >= 15 is 0 Å². The Kier molecular flexibility index (Phi) is 11.4. The molecular weight excluding hydrogens is 330 g/mol. The number of hydrogen-bond donors (Lipinski definition) is 0. The summed E-state index contributed by atoms with van der Waals surface area (Å²) >= 11 is 0. The van der Waals surface area contributed by atoms with Gasteiger partial charge in [-0.05, 0) is 0 Å². The van der Waals surface area contributed by atoms with Gasteiger partial charge in [-0.25, -0.2) is 0 Å². The van der Waals surface area contributed by atoms with Crippen molar-refractivity contribution >= 4 is 61.3 Å². The van der Waals surface area contributed by atoms with Gasteiger partial charge < -0.3 is 0 Å². The Labute approximate surface area is 135 Å². The van der Waals surface area contributed by atoms with Gasteiger partial charge in [0.1, 0.15) is 0 Å². The average molecular weight is 348 g/mol. The second-order valence-electron chi connectivity index (χ2n) is 4.62. The molecule has 0 N–H and O–H groups in total. The molecule has 0 amide bonds. The summed E-state index contributed by atoms with van der Waals surface area (Å²) in [5.74, 6) is 0. The van der Waals surface area contributed by atoms with E-state index in [4.69, 9.17) is 0 Å². The van der Waals surface area contributed by atoms with E-state index in [-0.39, 0.29) is 55.8 Å². The van der Waals surface area contributed by atoms with Crippen molar-refractivity contribution in [3.63, 3.8) is 0 Å². The predicted molar refractivity (Wildman–Crippen MR) is 84.3 cm³/mol. The van der Waals surface area contributed by atoms with Crippen LogP contribution in [0.2, 0.25) is 19.6 Å². The number of fused-ring (bicyclic) bond motifs is 1. The third-order valence-corrected chi connectivity index (χ3v) is 4.50. The molecule has 0 nitrogen and oxygen atoms in total. The summed E-state index contributed by atoms with van der Waals surface area (Å²) in [7, 11) is -1.12. The molecule has 0 aliphatic carbocycles. The van der Waals surface area contributed by atoms with Crippen molar-refractivity contribution in [3.8, 4) is 0 Å². The van der Waals surface area contributed by atoms with Crippen LogP contribution < -0.4 is 5.19 Å². The van der Waals surface area contributed by atoms with Gasteiger partial charge in [0.15, 0.2) is 0 Å². The SMILES string of the molecule is C[Si](C)(C)c1cc2ccccc2[cH-]1.Cl.Cl.Cl.[V]. The van der Waals surface area contributed by atoms with E-state index in [9.17, 15) is 0 Å². The quantitative estimate of drug-likeness (QED) is 0.531. The van der Waals surface area contributed by atoms with E-state index in [0.717, 1.165) is 0 Å². The summed E-state index contributed by atoms with van der Waals surface area (Å²) in [6.45, 7) is 7.17. The van der Waals surface area contributed by atoms with E-state index in [1.165, 1.54) is 10.8 Å². The second-order valence-corrected chi connectivity index (χ2v) is 9.70. The van der Waals surface area contributed by atoms with Crippen molar-refractivity contribution in [1.29, 1.82) is 0 Å². The standard InChI is InChI=1S/C12H15Si.3ClH.V/c1-13(2,3)12-8-10-6-4-5-7-11(10)9-12;;;;/h4-9H,1-3H3;3*1H;/q-1;;;;. The Morgan fingerprint density at radius 3 is 1.94 bits per heavy atom. The summed E-state index contributed by atoms with van der Waals surface area (Å²) in [5.41, 5.74) is 0. The molecule has 0 heterocycles. The van der Waals surface area contributed by atoms with Gasteiger partial charge in [-0.1, -0.05) is 25.7 Å². The fourth-order valence-corrected chi connectivity index (χ4v) is 2.76. The molecule has 2 aromatic rings. The number of halogens is 3. The van der Waals surface area contributed by atoms with Crippen molar-refractivity contribution in [2.24, 2.45) is 0 Å². The van der Waals surface area contributed by atoms with Crippen molar-refractivity contribution < 1.29 is 18.6 Å². The molecule has 17 heavy (non-hydrogen) atoms. The Morgan fingerprint density at radius 2 is 1.47 bits per heavy atom. The number of benzene rings is 1. The number of hydrogen-bond acceptors (Lipinski definition) is 0. The molecule has 0 atom stereocenters. The van der Waals surface area contributed by atoms with Crippen molar-refractivity contribution in [2.45, 2.75) is 19.6 Å². The zero-order chi connectivity index (χ0) is 9.47. The molecule has 97 valence electrons. The van der Waals surface area contributed by atoms with Crippen LogP contribution in [0.1, 0.15) is 0 Å². The van der Waals surface area contributed by atoms with Gasteiger partial charge >= 0.3 is 0 Å². The molecule has 2 aromatic carbocycles. The van der Waals surface area contributed by atoms with Crippen molar-refractivity contribution in [3.05, 3.63) is 36.4 Å². The summed E-state index contributed by atoms with van der Waals surface area (Å²) in [5, 5.41) is 4.34. The van der Waals surface area contributed by atoms with Crippen LogP contribution in [0.15, 0.2) is 36.4 Å². The average Bonchev–Trinajstić information content (AvgIpc) is 2.45. The van der Waals surface area contributed by atoms with Crippen molar-refractivity contribution in [1.82, 2.24) is 0 Å². The minimum absolute atomic E-state index is 0. The third-order valence-electron chi connectivity index (χ3n) is 2.48. The molecule has 0 saturated heterocycles. The maximum absolute atomic E-state index is 2.39. The van der Waals surface area contributed by atoms with Gasteiger partial charge in [-0.15, -0.1) is 72.1 Å². The molecule has 0 bridgehead atoms. The van der Waals surface area contributed by atoms with Gasteiger partial charge in [-0.2, -0.15) is 11.5 Å². The molecule has 5 heteroatoms. The predicted octanol–water partition coefficient (Wildman–Crippen LogP) is 4.37. The maximum Gasteiger partial charge on any atom is 0.0564 e. The first-order valence-electron chi connectivity index (χ1n) is 4.73. The Bertz CT molecular complexity index is 401. The van der Waals surface area contributed by atoms with Crippen LogP contribution in [-0.4, -0.2) is 8.07 Å². The third kappa shape index (κ3) is 5.34. The normalized spacial score (nSPS) is 9.35. The first kappa shape index (κ1) is 22.7. The molecule has 1 radical (unpaired) electrons. The van der Waals surface area contributed by atoms with E-state index in [1.807, 2.05) is 0 Å². The minimum Gasteiger partial charge on any atom is -0.169 e. The fourth-order valence-electron chi connectivity index (χ4n) is 1.58. The van der Waals surface area contributed by atoms with Crippen LogP contribution in [0.25, 0.3) is 10.8 Å². The summed E-state index contributed by atoms with van der Waals surface area (Å²) in [4.78, 5) is 0. The zero-order valence-corrected chi connectivity index (χ0v) is 15.0. The van der Waals surface area contributed by atoms with Crippen molar-refractivity contribution in [2.75, 3.05) is 0 Å². The van der Waals surface area contributed by atoms with Gasteiger partial charge in [-0.3, -0.25) is 0 Å². The topological polar surface area (TPSA) is 0 Å². The van der Waals surface area contributed by atoms with E-state index in [1.54, 1.807) is 5.19 Å². The molecule has 0 fully saturated rings. The van der Waals surface area contributed by atoms with Crippen LogP contribution >= 0.6 is 37.2 Å². The molecule has 0 aliphatic rings. The molecule has 0 unspecified atom stereocenters. The Morgan fingerprint density at radius 1 is 0.941 bits per heavy atom. The summed E-state index contributed by atoms with van der Waals surface area (Å²) in [6.07, 6.45) is 0. The first-order valence-corrected chi connectivity index (χ1v) is 8.23. The van der Waals surface area contributed by atoms with E-state index < -0.39 is 8.07 Å². The van der Waals surface area contributed by atoms with Crippen LogP contribution in [0.3, 0.4) is 0 Å². The maximum atomic E-state index is 2.39. The van der Waals surface area contributed by atoms with Gasteiger partial charge in [0, 0.05) is 18.6 Å². The number of rotatable bonds is 1. The van der Waals surface area contributed by atoms with Crippen LogP contribution in [0, 0.1) is 0 Å². The van der Waals surface area contributed by atoms with Crippen LogP contribution in [-0.2, 0) is 18.6 Å².